The molecule has 1 atom stereocenters. The fraction of sp³-hybridized carbons (Fsp3) is 0.765. The summed E-state index contributed by atoms with van der Waals surface area (Å²) in [5.74, 6) is 0.992. The highest BCUT2D eigenvalue weighted by atomic mass is 32.1. The van der Waals surface area contributed by atoms with Crippen molar-refractivity contribution in [1.29, 1.82) is 0 Å². The standard InChI is InChI=1S/C17H29NS/c1-2-12-18-16(10-11-17-9-6-13-19-17)14-15-7-4-3-5-8-15/h6,9,13,15-16,18H,2-5,7-8,10-12,14H2,1H3. The van der Waals surface area contributed by atoms with Crippen LogP contribution in [-0.4, -0.2) is 12.6 Å². The molecule has 19 heavy (non-hydrogen) atoms. The van der Waals surface area contributed by atoms with E-state index in [2.05, 4.69) is 29.8 Å². The minimum atomic E-state index is 0.741. The van der Waals surface area contributed by atoms with Crippen molar-refractivity contribution < 1.29 is 0 Å². The van der Waals surface area contributed by atoms with Gasteiger partial charge in [0, 0.05) is 10.9 Å². The van der Waals surface area contributed by atoms with Gasteiger partial charge < -0.3 is 5.32 Å². The minimum absolute atomic E-state index is 0.741. The number of thiophene rings is 1. The third-order valence-corrected chi connectivity index (χ3v) is 5.28. The van der Waals surface area contributed by atoms with Gasteiger partial charge in [-0.2, -0.15) is 0 Å². The smallest absolute Gasteiger partial charge is 0.00731 e. The predicted molar refractivity (Wildman–Crippen MR) is 85.9 cm³/mol. The average molecular weight is 279 g/mol. The highest BCUT2D eigenvalue weighted by molar-refractivity contribution is 7.09. The Balaban J connectivity index is 1.76. The highest BCUT2D eigenvalue weighted by Crippen LogP contribution is 2.28. The summed E-state index contributed by atoms with van der Waals surface area (Å²) in [7, 11) is 0. The van der Waals surface area contributed by atoms with Gasteiger partial charge in [-0.15, -0.1) is 11.3 Å². The molecule has 1 saturated carbocycles. The minimum Gasteiger partial charge on any atom is -0.314 e. The molecule has 0 amide bonds. The summed E-state index contributed by atoms with van der Waals surface area (Å²) in [5.41, 5.74) is 0. The van der Waals surface area contributed by atoms with Crippen molar-refractivity contribution in [2.24, 2.45) is 5.92 Å². The van der Waals surface area contributed by atoms with Crippen molar-refractivity contribution in [2.75, 3.05) is 6.54 Å². The molecule has 0 aromatic carbocycles. The van der Waals surface area contributed by atoms with Crippen LogP contribution in [0.5, 0.6) is 0 Å². The van der Waals surface area contributed by atoms with Gasteiger partial charge in [0.2, 0.25) is 0 Å². The number of nitrogens with one attached hydrogen (secondary N) is 1. The van der Waals surface area contributed by atoms with Gasteiger partial charge in [-0.1, -0.05) is 45.1 Å². The average Bonchev–Trinajstić information content (AvgIpc) is 2.96. The van der Waals surface area contributed by atoms with E-state index in [4.69, 9.17) is 0 Å². The molecule has 2 heteroatoms. The molecule has 0 spiro atoms. The van der Waals surface area contributed by atoms with Crippen molar-refractivity contribution in [3.05, 3.63) is 22.4 Å². The zero-order valence-corrected chi connectivity index (χ0v) is 13.2. The lowest BCUT2D eigenvalue weighted by Gasteiger charge is -2.27. The zero-order valence-electron chi connectivity index (χ0n) is 12.4. The van der Waals surface area contributed by atoms with Gasteiger partial charge >= 0.3 is 0 Å². The topological polar surface area (TPSA) is 12.0 Å². The summed E-state index contributed by atoms with van der Waals surface area (Å²) in [6, 6.07) is 5.20. The van der Waals surface area contributed by atoms with Gasteiger partial charge in [0.1, 0.15) is 0 Å². The molecule has 1 aliphatic rings. The predicted octanol–water partition coefficient (Wildman–Crippen LogP) is 5.02. The summed E-state index contributed by atoms with van der Waals surface area (Å²) in [5, 5.41) is 5.98. The number of aryl methyl sites for hydroxylation is 1. The van der Waals surface area contributed by atoms with E-state index >= 15 is 0 Å². The fourth-order valence-electron chi connectivity index (χ4n) is 3.25. The molecule has 0 radical (unpaired) electrons. The first kappa shape index (κ1) is 15.1. The van der Waals surface area contributed by atoms with Gasteiger partial charge in [0.05, 0.1) is 0 Å². The van der Waals surface area contributed by atoms with Crippen LogP contribution in [0.2, 0.25) is 0 Å². The molecule has 1 aliphatic carbocycles. The van der Waals surface area contributed by atoms with Crippen molar-refractivity contribution in [1.82, 2.24) is 5.32 Å². The molecule has 1 aromatic heterocycles. The lowest BCUT2D eigenvalue weighted by atomic mass is 9.84. The van der Waals surface area contributed by atoms with Crippen molar-refractivity contribution >= 4 is 11.3 Å². The van der Waals surface area contributed by atoms with E-state index in [-0.39, 0.29) is 0 Å². The number of hydrogen-bond donors (Lipinski definition) is 1. The van der Waals surface area contributed by atoms with E-state index in [0.717, 1.165) is 12.0 Å². The normalized spacial score (nSPS) is 18.6. The molecule has 108 valence electrons. The van der Waals surface area contributed by atoms with E-state index in [1.165, 1.54) is 64.3 Å². The van der Waals surface area contributed by atoms with Crippen molar-refractivity contribution in [3.8, 4) is 0 Å². The zero-order chi connectivity index (χ0) is 13.3. The van der Waals surface area contributed by atoms with E-state index < -0.39 is 0 Å². The molecule has 1 nitrogen and oxygen atoms in total. The molecule has 1 aromatic rings. The van der Waals surface area contributed by atoms with Gasteiger partial charge in [0.15, 0.2) is 0 Å². The number of hydrogen-bond acceptors (Lipinski definition) is 2. The van der Waals surface area contributed by atoms with E-state index in [0.29, 0.717) is 0 Å². The second kappa shape index (κ2) is 8.76. The highest BCUT2D eigenvalue weighted by Gasteiger charge is 2.18. The third kappa shape index (κ3) is 5.66. The Hall–Kier alpha value is -0.340. The maximum atomic E-state index is 3.78. The Morgan fingerprint density at radius 2 is 2.16 bits per heavy atom. The molecule has 1 N–H and O–H groups in total. The van der Waals surface area contributed by atoms with Crippen LogP contribution in [-0.2, 0) is 6.42 Å². The molecule has 1 unspecified atom stereocenters. The van der Waals surface area contributed by atoms with Crippen LogP contribution in [0.1, 0.15) is 63.2 Å². The third-order valence-electron chi connectivity index (χ3n) is 4.34. The summed E-state index contributed by atoms with van der Waals surface area (Å²) in [6.45, 7) is 3.45. The lowest BCUT2D eigenvalue weighted by Crippen LogP contribution is -2.32. The Morgan fingerprint density at radius 1 is 1.32 bits per heavy atom. The van der Waals surface area contributed by atoms with Crippen LogP contribution < -0.4 is 5.32 Å². The summed E-state index contributed by atoms with van der Waals surface area (Å²) < 4.78 is 0. The largest absolute Gasteiger partial charge is 0.314 e. The van der Waals surface area contributed by atoms with Gasteiger partial charge in [-0.3, -0.25) is 0 Å². The van der Waals surface area contributed by atoms with Crippen molar-refractivity contribution in [3.63, 3.8) is 0 Å². The second-order valence-electron chi connectivity index (χ2n) is 6.01. The van der Waals surface area contributed by atoms with Gasteiger partial charge in [0.25, 0.3) is 0 Å². The Kier molecular flexibility index (Phi) is 6.94. The first-order valence-electron chi connectivity index (χ1n) is 8.14. The number of rotatable bonds is 8. The summed E-state index contributed by atoms with van der Waals surface area (Å²) in [6.07, 6.45) is 12.6. The first-order valence-corrected chi connectivity index (χ1v) is 9.02. The molecular formula is C17H29NS. The van der Waals surface area contributed by atoms with Crippen LogP contribution in [0.3, 0.4) is 0 Å². The molecule has 2 rings (SSSR count). The van der Waals surface area contributed by atoms with Crippen LogP contribution in [0.4, 0.5) is 0 Å². The van der Waals surface area contributed by atoms with Crippen LogP contribution in [0.25, 0.3) is 0 Å². The van der Waals surface area contributed by atoms with Crippen LogP contribution in [0.15, 0.2) is 17.5 Å². The van der Waals surface area contributed by atoms with Crippen molar-refractivity contribution in [2.45, 2.75) is 70.8 Å². The molecular weight excluding hydrogens is 250 g/mol. The van der Waals surface area contributed by atoms with E-state index in [1.807, 2.05) is 11.3 Å². The Morgan fingerprint density at radius 3 is 2.84 bits per heavy atom. The van der Waals surface area contributed by atoms with Crippen LogP contribution >= 0.6 is 11.3 Å². The maximum absolute atomic E-state index is 3.78. The summed E-state index contributed by atoms with van der Waals surface area (Å²) in [4.78, 5) is 1.55. The second-order valence-corrected chi connectivity index (χ2v) is 7.04. The Labute approximate surface area is 122 Å². The molecule has 0 saturated heterocycles. The van der Waals surface area contributed by atoms with Gasteiger partial charge in [-0.05, 0) is 49.6 Å². The Bertz CT molecular complexity index is 314. The van der Waals surface area contributed by atoms with Crippen LogP contribution in [0, 0.1) is 5.92 Å². The molecule has 1 heterocycles. The van der Waals surface area contributed by atoms with Gasteiger partial charge in [-0.25, -0.2) is 0 Å². The van der Waals surface area contributed by atoms with E-state index in [9.17, 15) is 0 Å². The van der Waals surface area contributed by atoms with E-state index in [1.54, 1.807) is 4.88 Å². The molecule has 0 bridgehead atoms. The maximum Gasteiger partial charge on any atom is 0.00731 e. The fourth-order valence-corrected chi connectivity index (χ4v) is 3.97. The lowest BCUT2D eigenvalue weighted by molar-refractivity contribution is 0.291. The SMILES string of the molecule is CCCNC(CCc1cccs1)CC1CCCCC1. The summed E-state index contributed by atoms with van der Waals surface area (Å²) >= 11 is 1.91. The monoisotopic (exact) mass is 279 g/mol. The molecule has 0 aliphatic heterocycles. The quantitative estimate of drug-likeness (QED) is 0.704. The first-order chi connectivity index (χ1) is 9.38. The molecule has 1 fully saturated rings.